The van der Waals surface area contributed by atoms with Crippen molar-refractivity contribution in [3.63, 3.8) is 0 Å². The Morgan fingerprint density at radius 1 is 0.692 bits per heavy atom. The van der Waals surface area contributed by atoms with Crippen molar-refractivity contribution in [1.29, 1.82) is 0 Å². The monoisotopic (exact) mass is 453 g/mol. The molecule has 2 atom stereocenters. The van der Waals surface area contributed by atoms with Crippen LogP contribution in [-0.4, -0.2) is 12.1 Å². The third-order valence-corrected chi connectivity index (χ3v) is 1.87. The van der Waals surface area contributed by atoms with Crippen LogP contribution in [-0.2, 0) is 21.1 Å². The molecule has 90 valence electrons. The summed E-state index contributed by atoms with van der Waals surface area (Å²) in [5.41, 5.74) is 11.3. The molecule has 0 aliphatic heterocycles. The van der Waals surface area contributed by atoms with Gasteiger partial charge in [0.2, 0.25) is 0 Å². The molecule has 2 nitrogen and oxygen atoms in total. The van der Waals surface area contributed by atoms with E-state index in [1.54, 1.807) is 0 Å². The Balaban J connectivity index is -0.0000000427. The van der Waals surface area contributed by atoms with Gasteiger partial charge in [-0.1, -0.05) is 12.8 Å². The van der Waals surface area contributed by atoms with E-state index in [1.165, 1.54) is 12.8 Å². The smallest absolute Gasteiger partial charge is 0.0192 e. The van der Waals surface area contributed by atoms with Crippen molar-refractivity contribution < 1.29 is 21.1 Å². The maximum atomic E-state index is 5.65. The van der Waals surface area contributed by atoms with E-state index in [4.69, 9.17) is 11.5 Å². The van der Waals surface area contributed by atoms with Crippen molar-refractivity contribution in [2.45, 2.75) is 37.8 Å². The fourth-order valence-electron chi connectivity index (χ4n) is 1.19. The molecule has 0 radical (unpaired) electrons. The number of hydrogen-bond acceptors (Lipinski definition) is 2. The molecule has 0 bridgehead atoms. The Morgan fingerprint density at radius 3 is 1.08 bits per heavy atom. The molecule has 0 unspecified atom stereocenters. The first kappa shape index (κ1) is 29.3. The summed E-state index contributed by atoms with van der Waals surface area (Å²) < 4.78 is 0. The van der Waals surface area contributed by atoms with E-state index in [9.17, 15) is 0 Å². The second-order valence-corrected chi connectivity index (χ2v) is 2.61. The van der Waals surface area contributed by atoms with E-state index in [0.29, 0.717) is 0 Å². The zero-order valence-electron chi connectivity index (χ0n) is 7.09. The predicted octanol–water partition coefficient (Wildman–Crippen LogP) is 1.90. The number of nitrogens with two attached hydrogens (primary N) is 2. The summed E-state index contributed by atoms with van der Waals surface area (Å²) in [5.74, 6) is 0. The van der Waals surface area contributed by atoms with Gasteiger partial charge in [0, 0.05) is 33.1 Å². The molecule has 0 aromatic carbocycles. The van der Waals surface area contributed by atoms with E-state index in [-0.39, 0.29) is 82.8 Å². The largest absolute Gasteiger partial charge is 0.326 e. The van der Waals surface area contributed by atoms with Gasteiger partial charge in [-0.25, -0.2) is 0 Å². The zero-order chi connectivity index (χ0) is 5.98. The van der Waals surface area contributed by atoms with Gasteiger partial charge in [-0.2, -0.15) is 0 Å². The Bertz CT molecular complexity index is 79.0. The molecule has 0 aromatic rings. The SMILES string of the molecule is Cl.Cl.Cl.Cl.N[C@@H]1CCCC[C@@H]1N.[Pt]. The normalized spacial score (nSPS) is 24.5. The molecule has 0 amide bonds. The van der Waals surface area contributed by atoms with Crippen LogP contribution in [0.5, 0.6) is 0 Å². The van der Waals surface area contributed by atoms with Crippen molar-refractivity contribution in [2.24, 2.45) is 11.5 Å². The van der Waals surface area contributed by atoms with Crippen LogP contribution in [0.2, 0.25) is 0 Å². The van der Waals surface area contributed by atoms with Crippen molar-refractivity contribution in [2.75, 3.05) is 0 Å². The minimum Gasteiger partial charge on any atom is -0.326 e. The van der Waals surface area contributed by atoms with Crippen LogP contribution in [0.4, 0.5) is 0 Å². The minimum atomic E-state index is 0. The average Bonchev–Trinajstić information content (AvgIpc) is 1.77. The van der Waals surface area contributed by atoms with Crippen LogP contribution in [0.15, 0.2) is 0 Å². The molecule has 4 N–H and O–H groups in total. The average molecular weight is 455 g/mol. The fourth-order valence-corrected chi connectivity index (χ4v) is 1.19. The molecule has 1 aliphatic carbocycles. The Hall–Kier alpha value is 1.77. The van der Waals surface area contributed by atoms with Gasteiger partial charge in [-0.05, 0) is 12.8 Å². The third-order valence-electron chi connectivity index (χ3n) is 1.87. The number of rotatable bonds is 0. The third kappa shape index (κ3) is 11.7. The van der Waals surface area contributed by atoms with Gasteiger partial charge in [-0.15, -0.1) is 49.6 Å². The van der Waals surface area contributed by atoms with Crippen molar-refractivity contribution in [3.05, 3.63) is 0 Å². The van der Waals surface area contributed by atoms with E-state index < -0.39 is 0 Å². The maximum absolute atomic E-state index is 5.65. The molecule has 1 aliphatic rings. The van der Waals surface area contributed by atoms with Crippen LogP contribution >= 0.6 is 49.6 Å². The molecule has 7 heteroatoms. The Labute approximate surface area is 119 Å². The summed E-state index contributed by atoms with van der Waals surface area (Å²) >= 11 is 0. The molecule has 13 heavy (non-hydrogen) atoms. The maximum Gasteiger partial charge on any atom is 0.0192 e. The van der Waals surface area contributed by atoms with E-state index >= 15 is 0 Å². The van der Waals surface area contributed by atoms with Crippen molar-refractivity contribution >= 4 is 49.6 Å². The van der Waals surface area contributed by atoms with Crippen LogP contribution in [0.1, 0.15) is 25.7 Å². The summed E-state index contributed by atoms with van der Waals surface area (Å²) in [7, 11) is 0. The summed E-state index contributed by atoms with van der Waals surface area (Å²) in [6.07, 6.45) is 4.80. The first-order chi connectivity index (χ1) is 3.80. The fraction of sp³-hybridized carbons (Fsp3) is 1.00. The number of hydrogen-bond donors (Lipinski definition) is 2. The van der Waals surface area contributed by atoms with Gasteiger partial charge in [0.05, 0.1) is 0 Å². The second-order valence-electron chi connectivity index (χ2n) is 2.61. The minimum absolute atomic E-state index is 0. The standard InChI is InChI=1S/C6H14N2.4ClH.Pt/c7-5-3-1-2-4-6(5)8;;;;;/h5-6H,1-4,7-8H2;4*1H;/t5-,6+;;;;;. The number of halogens is 4. The molecule has 0 saturated heterocycles. The van der Waals surface area contributed by atoms with E-state index in [0.717, 1.165) is 12.8 Å². The van der Waals surface area contributed by atoms with Crippen LogP contribution in [0, 0.1) is 0 Å². The Morgan fingerprint density at radius 2 is 0.923 bits per heavy atom. The van der Waals surface area contributed by atoms with Crippen LogP contribution in [0.3, 0.4) is 0 Å². The van der Waals surface area contributed by atoms with Gasteiger partial charge in [0.15, 0.2) is 0 Å². The van der Waals surface area contributed by atoms with Gasteiger partial charge < -0.3 is 11.5 Å². The Kier molecular flexibility index (Phi) is 36.6. The van der Waals surface area contributed by atoms with Crippen molar-refractivity contribution in [3.8, 4) is 0 Å². The molecular formula is C6H18Cl4N2Pt. The molecule has 0 heterocycles. The van der Waals surface area contributed by atoms with Crippen LogP contribution < -0.4 is 11.5 Å². The first-order valence-corrected chi connectivity index (χ1v) is 3.32. The summed E-state index contributed by atoms with van der Waals surface area (Å²) in [5, 5.41) is 0. The van der Waals surface area contributed by atoms with Gasteiger partial charge in [-0.3, -0.25) is 0 Å². The molecular weight excluding hydrogens is 437 g/mol. The molecule has 1 rings (SSSR count). The topological polar surface area (TPSA) is 52.0 Å². The van der Waals surface area contributed by atoms with Gasteiger partial charge in [0.25, 0.3) is 0 Å². The molecule has 1 saturated carbocycles. The van der Waals surface area contributed by atoms with Crippen LogP contribution in [0.25, 0.3) is 0 Å². The summed E-state index contributed by atoms with van der Waals surface area (Å²) in [6, 6.07) is 0.562. The first-order valence-electron chi connectivity index (χ1n) is 3.32. The van der Waals surface area contributed by atoms with Crippen molar-refractivity contribution in [1.82, 2.24) is 0 Å². The predicted molar refractivity (Wildman–Crippen MR) is 63.4 cm³/mol. The second kappa shape index (κ2) is 16.2. The zero-order valence-corrected chi connectivity index (χ0v) is 12.6. The quantitative estimate of drug-likeness (QED) is 0.587. The molecule has 0 aromatic heterocycles. The van der Waals surface area contributed by atoms with E-state index in [2.05, 4.69) is 0 Å². The van der Waals surface area contributed by atoms with Gasteiger partial charge in [0.1, 0.15) is 0 Å². The summed E-state index contributed by atoms with van der Waals surface area (Å²) in [4.78, 5) is 0. The molecule has 0 spiro atoms. The van der Waals surface area contributed by atoms with E-state index in [1.807, 2.05) is 0 Å². The summed E-state index contributed by atoms with van der Waals surface area (Å²) in [6.45, 7) is 0. The molecule has 1 fully saturated rings. The van der Waals surface area contributed by atoms with Gasteiger partial charge >= 0.3 is 0 Å².